The van der Waals surface area contributed by atoms with E-state index in [9.17, 15) is 0 Å². The second-order valence-electron chi connectivity index (χ2n) is 22.6. The number of thiophene rings is 2. The van der Waals surface area contributed by atoms with Crippen molar-refractivity contribution in [3.8, 4) is 95.5 Å². The summed E-state index contributed by atoms with van der Waals surface area (Å²) < 4.78 is 7.71. The number of rotatable bonds is 8. The molecule has 0 saturated carbocycles. The van der Waals surface area contributed by atoms with E-state index < -0.39 is 0 Å². The van der Waals surface area contributed by atoms with Crippen LogP contribution in [-0.4, -0.2) is 19.5 Å². The minimum absolute atomic E-state index is 0.268. The number of benzene rings is 12. The van der Waals surface area contributed by atoms with E-state index in [0.717, 1.165) is 77.9 Å². The van der Waals surface area contributed by atoms with E-state index in [1.54, 1.807) is 0 Å². The monoisotopic (exact) mass is 1110 g/mol. The summed E-state index contributed by atoms with van der Waals surface area (Å²) in [5.41, 5.74) is 20.0. The van der Waals surface area contributed by atoms with Crippen LogP contribution in [0.15, 0.2) is 267 Å². The van der Waals surface area contributed by atoms with Crippen molar-refractivity contribution in [1.82, 2.24) is 19.5 Å². The van der Waals surface area contributed by atoms with Gasteiger partial charge in [-0.25, -0.2) is 15.0 Å². The minimum Gasteiger partial charge on any atom is -0.308 e. The van der Waals surface area contributed by atoms with Gasteiger partial charge in [-0.15, -0.1) is 22.7 Å². The Kier molecular flexibility index (Phi) is 11.0. The van der Waals surface area contributed by atoms with Gasteiger partial charge < -0.3 is 4.57 Å². The first-order chi connectivity index (χ1) is 41.4. The topological polar surface area (TPSA) is 43.6 Å². The molecule has 4 aromatic heterocycles. The molecule has 0 fully saturated rings. The van der Waals surface area contributed by atoms with Gasteiger partial charge in [0.15, 0.2) is 17.5 Å². The number of fused-ring (bicyclic) bond motifs is 13. The molecule has 17 rings (SSSR count). The fourth-order valence-corrected chi connectivity index (χ4v) is 15.8. The van der Waals surface area contributed by atoms with Crippen molar-refractivity contribution in [2.75, 3.05) is 0 Å². The maximum atomic E-state index is 5.49. The van der Waals surface area contributed by atoms with Crippen LogP contribution in [0.25, 0.3) is 158 Å². The van der Waals surface area contributed by atoms with Gasteiger partial charge in [-0.05, 0) is 116 Å². The standard InChI is InChI=1S/C78H50N4S2/c1-78(2)65-33-17-13-29-56(65)59-39-40-67-72(73(59)78)60-32-14-18-34-66(60)82(67)74-63(54-27-11-9-25-52(54)49-37-41-70-61(43-49)57-30-15-19-35-68(57)83-70)45-51(77-80-75(47-21-5-3-6-22-47)79-76(81-77)48-23-7-4-8-24-48)46-64(74)55-28-12-10-26-53(55)50-38-42-71-62(44-50)58-31-16-20-36-69(58)84-71/h3-46H,1-2H3. The second-order valence-corrected chi connectivity index (χ2v) is 24.7. The van der Waals surface area contributed by atoms with Gasteiger partial charge >= 0.3 is 0 Å². The van der Waals surface area contributed by atoms with Gasteiger partial charge in [-0.2, -0.15) is 0 Å². The normalized spacial score (nSPS) is 12.7. The van der Waals surface area contributed by atoms with Crippen LogP contribution in [0.1, 0.15) is 25.0 Å². The average Bonchev–Trinajstić information content (AvgIpc) is 1.82. The summed E-state index contributed by atoms with van der Waals surface area (Å²) in [6.45, 7) is 4.81. The highest BCUT2D eigenvalue weighted by Crippen LogP contribution is 2.55. The van der Waals surface area contributed by atoms with Crippen LogP contribution < -0.4 is 0 Å². The molecular weight excluding hydrogens is 1060 g/mol. The summed E-state index contributed by atoms with van der Waals surface area (Å²) in [6.07, 6.45) is 0. The van der Waals surface area contributed by atoms with Crippen molar-refractivity contribution in [3.05, 3.63) is 278 Å². The van der Waals surface area contributed by atoms with E-state index in [0.29, 0.717) is 17.5 Å². The molecule has 1 aliphatic rings. The summed E-state index contributed by atoms with van der Waals surface area (Å²) in [5.74, 6) is 1.81. The molecule has 0 saturated heterocycles. The quantitative estimate of drug-likeness (QED) is 0.152. The Hall–Kier alpha value is -10.1. The van der Waals surface area contributed by atoms with Crippen LogP contribution in [0.3, 0.4) is 0 Å². The average molecular weight is 1110 g/mol. The van der Waals surface area contributed by atoms with Crippen molar-refractivity contribution < 1.29 is 0 Å². The number of hydrogen-bond donors (Lipinski definition) is 0. The molecule has 16 aromatic rings. The molecule has 4 heterocycles. The zero-order chi connectivity index (χ0) is 55.6. The van der Waals surface area contributed by atoms with E-state index in [2.05, 4.69) is 249 Å². The predicted molar refractivity (Wildman–Crippen MR) is 356 cm³/mol. The lowest BCUT2D eigenvalue weighted by atomic mass is 9.80. The van der Waals surface area contributed by atoms with Crippen molar-refractivity contribution in [3.63, 3.8) is 0 Å². The van der Waals surface area contributed by atoms with Crippen molar-refractivity contribution in [2.45, 2.75) is 19.3 Å². The SMILES string of the molecule is CC1(C)c2ccccc2-c2ccc3c(c21)c1ccccc1n3-c1c(-c2ccccc2-c2ccc3sc4ccccc4c3c2)cc(-c2nc(-c3ccccc3)nc(-c3ccccc3)n2)cc1-c1ccccc1-c1ccc2sc3ccccc3c2c1. The molecule has 1 aliphatic carbocycles. The lowest BCUT2D eigenvalue weighted by molar-refractivity contribution is 0.666. The van der Waals surface area contributed by atoms with Crippen molar-refractivity contribution in [1.29, 1.82) is 0 Å². The predicted octanol–water partition coefficient (Wildman–Crippen LogP) is 21.7. The number of para-hydroxylation sites is 1. The molecule has 394 valence electrons. The summed E-state index contributed by atoms with van der Waals surface area (Å²) >= 11 is 3.70. The molecule has 0 aliphatic heterocycles. The second kappa shape index (κ2) is 19.0. The van der Waals surface area contributed by atoms with Gasteiger partial charge in [-0.1, -0.05) is 220 Å². The molecule has 84 heavy (non-hydrogen) atoms. The molecule has 0 atom stereocenters. The Morgan fingerprint density at radius 3 is 1.30 bits per heavy atom. The zero-order valence-corrected chi connectivity index (χ0v) is 47.6. The molecule has 0 amide bonds. The van der Waals surface area contributed by atoms with E-state index in [1.807, 2.05) is 59.1 Å². The van der Waals surface area contributed by atoms with Gasteiger partial charge in [0.2, 0.25) is 0 Å². The molecule has 0 unspecified atom stereocenters. The molecule has 12 aromatic carbocycles. The summed E-state index contributed by atoms with van der Waals surface area (Å²) in [4.78, 5) is 16.2. The Morgan fingerprint density at radius 2 is 0.738 bits per heavy atom. The maximum absolute atomic E-state index is 5.49. The molecule has 4 nitrogen and oxygen atoms in total. The highest BCUT2D eigenvalue weighted by molar-refractivity contribution is 7.26. The number of hydrogen-bond acceptors (Lipinski definition) is 5. The first-order valence-corrected chi connectivity index (χ1v) is 30.3. The largest absolute Gasteiger partial charge is 0.308 e. The minimum atomic E-state index is -0.268. The van der Waals surface area contributed by atoms with Gasteiger partial charge in [0.05, 0.1) is 16.7 Å². The summed E-state index contributed by atoms with van der Waals surface area (Å²) in [6, 6.07) is 97.9. The van der Waals surface area contributed by atoms with E-state index >= 15 is 0 Å². The van der Waals surface area contributed by atoms with Gasteiger partial charge in [0, 0.05) is 84.3 Å². The fraction of sp³-hybridized carbons (Fsp3) is 0.0385. The lowest BCUT2D eigenvalue weighted by Gasteiger charge is -2.24. The molecule has 6 heteroatoms. The Bertz CT molecular complexity index is 5120. The lowest BCUT2D eigenvalue weighted by Crippen LogP contribution is -2.15. The Balaban J connectivity index is 1.03. The van der Waals surface area contributed by atoms with Gasteiger partial charge in [-0.3, -0.25) is 0 Å². The summed E-state index contributed by atoms with van der Waals surface area (Å²) in [7, 11) is 0. The molecule has 0 N–H and O–H groups in total. The fourth-order valence-electron chi connectivity index (χ4n) is 13.7. The molecule has 0 bridgehead atoms. The van der Waals surface area contributed by atoms with E-state index in [1.165, 1.54) is 73.4 Å². The Labute approximate surface area is 493 Å². The first kappa shape index (κ1) is 48.6. The van der Waals surface area contributed by atoms with Crippen LogP contribution in [0.5, 0.6) is 0 Å². The molecule has 0 radical (unpaired) electrons. The third kappa shape index (κ3) is 7.54. The number of nitrogens with zero attached hydrogens (tertiary/aromatic N) is 4. The van der Waals surface area contributed by atoms with E-state index in [4.69, 9.17) is 15.0 Å². The smallest absolute Gasteiger partial charge is 0.164 e. The maximum Gasteiger partial charge on any atom is 0.164 e. The van der Waals surface area contributed by atoms with Crippen LogP contribution in [-0.2, 0) is 5.41 Å². The first-order valence-electron chi connectivity index (χ1n) is 28.7. The molecule has 0 spiro atoms. The van der Waals surface area contributed by atoms with Crippen LogP contribution in [0.4, 0.5) is 0 Å². The molecular formula is C78H50N4S2. The van der Waals surface area contributed by atoms with Crippen LogP contribution in [0.2, 0.25) is 0 Å². The van der Waals surface area contributed by atoms with E-state index in [-0.39, 0.29) is 5.41 Å². The third-order valence-electron chi connectivity index (χ3n) is 17.5. The van der Waals surface area contributed by atoms with Crippen LogP contribution >= 0.6 is 22.7 Å². The van der Waals surface area contributed by atoms with Crippen molar-refractivity contribution in [2.24, 2.45) is 0 Å². The summed E-state index contributed by atoms with van der Waals surface area (Å²) in [5, 5.41) is 7.55. The van der Waals surface area contributed by atoms with Gasteiger partial charge in [0.25, 0.3) is 0 Å². The number of aromatic nitrogens is 4. The highest BCUT2D eigenvalue weighted by Gasteiger charge is 2.38. The van der Waals surface area contributed by atoms with Crippen LogP contribution in [0, 0.1) is 0 Å². The zero-order valence-electron chi connectivity index (χ0n) is 46.0. The Morgan fingerprint density at radius 1 is 0.298 bits per heavy atom. The highest BCUT2D eigenvalue weighted by atomic mass is 32.1. The third-order valence-corrected chi connectivity index (χ3v) is 19.8. The van der Waals surface area contributed by atoms with Gasteiger partial charge in [0.1, 0.15) is 0 Å². The van der Waals surface area contributed by atoms with Crippen molar-refractivity contribution >= 4 is 84.8 Å².